The summed E-state index contributed by atoms with van der Waals surface area (Å²) in [7, 11) is 0. The lowest BCUT2D eigenvalue weighted by Gasteiger charge is -2.31. The van der Waals surface area contributed by atoms with Crippen LogP contribution in [-0.2, 0) is 9.53 Å². The number of carbonyl (C=O) groups is 2. The highest BCUT2D eigenvalue weighted by atomic mass is 16.5. The van der Waals surface area contributed by atoms with Crippen molar-refractivity contribution in [2.45, 2.75) is 117 Å². The predicted molar refractivity (Wildman–Crippen MR) is 131 cm³/mol. The molecule has 6 nitrogen and oxygen atoms in total. The molecule has 0 aromatic heterocycles. The van der Waals surface area contributed by atoms with Gasteiger partial charge in [0.2, 0.25) is 0 Å². The van der Waals surface area contributed by atoms with Crippen LogP contribution in [0.2, 0.25) is 0 Å². The summed E-state index contributed by atoms with van der Waals surface area (Å²) < 4.78 is 6.21. The van der Waals surface area contributed by atoms with Crippen LogP contribution >= 0.6 is 0 Å². The highest BCUT2D eigenvalue weighted by Gasteiger charge is 2.25. The van der Waals surface area contributed by atoms with Crippen LogP contribution in [0.15, 0.2) is 0 Å². The van der Waals surface area contributed by atoms with Crippen molar-refractivity contribution in [1.82, 2.24) is 10.2 Å². The van der Waals surface area contributed by atoms with Crippen LogP contribution in [0.1, 0.15) is 111 Å². The summed E-state index contributed by atoms with van der Waals surface area (Å²) in [6.45, 7) is 9.07. The van der Waals surface area contributed by atoms with Crippen LogP contribution in [0.4, 0.5) is 4.79 Å². The molecule has 1 rings (SSSR count). The lowest BCUT2D eigenvalue weighted by Crippen LogP contribution is -2.43. The fourth-order valence-electron chi connectivity index (χ4n) is 4.63. The van der Waals surface area contributed by atoms with E-state index in [1.165, 1.54) is 32.1 Å². The van der Waals surface area contributed by atoms with Crippen molar-refractivity contribution in [3.63, 3.8) is 0 Å². The molecule has 0 aromatic carbocycles. The number of carbonyl (C=O) groups excluding carboxylic acids is 1. The number of rotatable bonds is 18. The van der Waals surface area contributed by atoms with Crippen molar-refractivity contribution in [3.8, 4) is 0 Å². The van der Waals surface area contributed by atoms with Gasteiger partial charge < -0.3 is 20.1 Å². The zero-order valence-electron chi connectivity index (χ0n) is 21.1. The van der Waals surface area contributed by atoms with E-state index in [9.17, 15) is 14.7 Å². The average Bonchev–Trinajstić information content (AvgIpc) is 2.78. The number of carboxylic acid groups (broad SMARTS) is 1. The second-order valence-corrected chi connectivity index (χ2v) is 9.53. The van der Waals surface area contributed by atoms with Crippen molar-refractivity contribution in [3.05, 3.63) is 0 Å². The molecule has 1 aliphatic rings. The van der Waals surface area contributed by atoms with E-state index < -0.39 is 5.97 Å². The van der Waals surface area contributed by atoms with Gasteiger partial charge >= 0.3 is 12.0 Å². The van der Waals surface area contributed by atoms with Gasteiger partial charge in [0.1, 0.15) is 0 Å². The number of hydrogen-bond acceptors (Lipinski definition) is 3. The number of carboxylic acids is 1. The number of aliphatic carboxylic acids is 1. The summed E-state index contributed by atoms with van der Waals surface area (Å²) in [5.74, 6) is -0.314. The molecule has 1 saturated carbocycles. The summed E-state index contributed by atoms with van der Waals surface area (Å²) in [5, 5.41) is 12.3. The van der Waals surface area contributed by atoms with E-state index in [1.54, 1.807) is 0 Å². The zero-order chi connectivity index (χ0) is 23.6. The van der Waals surface area contributed by atoms with Crippen LogP contribution in [0.5, 0.6) is 0 Å². The predicted octanol–water partition coefficient (Wildman–Crippen LogP) is 6.23. The Morgan fingerprint density at radius 1 is 1.03 bits per heavy atom. The van der Waals surface area contributed by atoms with Crippen molar-refractivity contribution < 1.29 is 19.4 Å². The minimum Gasteiger partial charge on any atom is -0.481 e. The minimum atomic E-state index is -0.664. The average molecular weight is 455 g/mol. The van der Waals surface area contributed by atoms with Crippen LogP contribution in [-0.4, -0.2) is 54.4 Å². The molecule has 1 fully saturated rings. The standard InChI is InChI=1S/C26H50N2O4/c1-4-7-9-10-11-18-28(26(31)27-17-8-5-2)19-20-32-24-14-12-13-22(21-24)15-16-23(6-3)25(29)30/h22-24H,4-21H2,1-3H3,(H,27,31)(H,29,30)/t22-,23?,24-/m1/s1. The topological polar surface area (TPSA) is 78.9 Å². The normalized spacial score (nSPS) is 19.5. The molecule has 2 N–H and O–H groups in total. The van der Waals surface area contributed by atoms with Crippen LogP contribution < -0.4 is 5.32 Å². The second kappa shape index (κ2) is 18.2. The molecule has 2 amide bonds. The van der Waals surface area contributed by atoms with Gasteiger partial charge in [-0.05, 0) is 50.9 Å². The highest BCUT2D eigenvalue weighted by Crippen LogP contribution is 2.31. The Kier molecular flexibility index (Phi) is 16.3. The van der Waals surface area contributed by atoms with Crippen molar-refractivity contribution in [2.75, 3.05) is 26.2 Å². The second-order valence-electron chi connectivity index (χ2n) is 9.53. The summed E-state index contributed by atoms with van der Waals surface area (Å²) in [5.41, 5.74) is 0. The first-order valence-electron chi connectivity index (χ1n) is 13.4. The first-order chi connectivity index (χ1) is 15.5. The molecule has 3 atom stereocenters. The fraction of sp³-hybridized carbons (Fsp3) is 0.923. The Morgan fingerprint density at radius 2 is 1.78 bits per heavy atom. The minimum absolute atomic E-state index is 0.0401. The van der Waals surface area contributed by atoms with Crippen LogP contribution in [0.3, 0.4) is 0 Å². The molecule has 32 heavy (non-hydrogen) atoms. The molecular weight excluding hydrogens is 404 g/mol. The molecule has 0 saturated heterocycles. The van der Waals surface area contributed by atoms with Gasteiger partial charge in [-0.15, -0.1) is 0 Å². The number of unbranched alkanes of at least 4 members (excludes halogenated alkanes) is 5. The van der Waals surface area contributed by atoms with E-state index in [4.69, 9.17) is 4.74 Å². The third-order valence-electron chi connectivity index (χ3n) is 6.84. The first-order valence-corrected chi connectivity index (χ1v) is 13.4. The lowest BCUT2D eigenvalue weighted by molar-refractivity contribution is -0.142. The molecule has 1 unspecified atom stereocenters. The molecule has 0 spiro atoms. The number of hydrogen-bond donors (Lipinski definition) is 2. The van der Waals surface area contributed by atoms with Crippen molar-refractivity contribution in [2.24, 2.45) is 11.8 Å². The molecule has 0 aliphatic heterocycles. The van der Waals surface area contributed by atoms with Crippen molar-refractivity contribution >= 4 is 12.0 Å². The molecule has 0 bridgehead atoms. The van der Waals surface area contributed by atoms with E-state index in [2.05, 4.69) is 19.2 Å². The molecule has 0 heterocycles. The smallest absolute Gasteiger partial charge is 0.317 e. The lowest BCUT2D eigenvalue weighted by atomic mass is 9.82. The molecule has 0 radical (unpaired) electrons. The Balaban J connectivity index is 2.40. The maximum absolute atomic E-state index is 12.6. The molecule has 188 valence electrons. The zero-order valence-corrected chi connectivity index (χ0v) is 21.1. The monoisotopic (exact) mass is 454 g/mol. The first kappa shape index (κ1) is 28.7. The van der Waals surface area contributed by atoms with Gasteiger partial charge in [0.25, 0.3) is 0 Å². The van der Waals surface area contributed by atoms with Gasteiger partial charge in [0.15, 0.2) is 0 Å². The van der Waals surface area contributed by atoms with Crippen LogP contribution in [0, 0.1) is 11.8 Å². The van der Waals surface area contributed by atoms with E-state index in [0.717, 1.165) is 64.5 Å². The van der Waals surface area contributed by atoms with E-state index in [-0.39, 0.29) is 18.1 Å². The van der Waals surface area contributed by atoms with E-state index in [1.807, 2.05) is 11.8 Å². The third-order valence-corrected chi connectivity index (χ3v) is 6.84. The van der Waals surface area contributed by atoms with Gasteiger partial charge in [-0.25, -0.2) is 4.79 Å². The molecule has 1 aliphatic carbocycles. The number of amides is 2. The maximum Gasteiger partial charge on any atom is 0.317 e. The summed E-state index contributed by atoms with van der Waals surface area (Å²) in [6, 6.07) is 0.0401. The highest BCUT2D eigenvalue weighted by molar-refractivity contribution is 5.74. The Morgan fingerprint density at radius 3 is 2.47 bits per heavy atom. The largest absolute Gasteiger partial charge is 0.481 e. The van der Waals surface area contributed by atoms with Gasteiger partial charge in [-0.3, -0.25) is 4.79 Å². The van der Waals surface area contributed by atoms with E-state index >= 15 is 0 Å². The molecule has 6 heteroatoms. The number of ether oxygens (including phenoxy) is 1. The van der Waals surface area contributed by atoms with Gasteiger partial charge in [0, 0.05) is 19.6 Å². The van der Waals surface area contributed by atoms with E-state index in [0.29, 0.717) is 25.5 Å². The summed E-state index contributed by atoms with van der Waals surface area (Å²) >= 11 is 0. The Labute approximate surface area is 196 Å². The van der Waals surface area contributed by atoms with Gasteiger partial charge in [-0.2, -0.15) is 0 Å². The molecular formula is C26H50N2O4. The quantitative estimate of drug-likeness (QED) is 0.240. The Bertz CT molecular complexity index is 500. The number of urea groups is 1. The van der Waals surface area contributed by atoms with Crippen molar-refractivity contribution in [1.29, 1.82) is 0 Å². The summed E-state index contributed by atoms with van der Waals surface area (Å²) in [6.07, 6.45) is 15.2. The van der Waals surface area contributed by atoms with Gasteiger partial charge in [0.05, 0.1) is 18.6 Å². The van der Waals surface area contributed by atoms with Gasteiger partial charge in [-0.1, -0.05) is 65.7 Å². The van der Waals surface area contributed by atoms with Crippen LogP contribution in [0.25, 0.3) is 0 Å². The SMILES string of the molecule is CCCCCCCN(CCO[C@@H]1CCC[C@H](CCC(CC)C(=O)O)C1)C(=O)NCCCC. The number of nitrogens with one attached hydrogen (secondary N) is 1. The summed E-state index contributed by atoms with van der Waals surface area (Å²) in [4.78, 5) is 25.8. The molecule has 0 aromatic rings. The maximum atomic E-state index is 12.6. The number of nitrogens with zero attached hydrogens (tertiary/aromatic N) is 1. The third kappa shape index (κ3) is 12.7. The Hall–Kier alpha value is -1.30. The fourth-order valence-corrected chi connectivity index (χ4v) is 4.63.